The van der Waals surface area contributed by atoms with E-state index in [4.69, 9.17) is 16.3 Å². The van der Waals surface area contributed by atoms with Crippen molar-refractivity contribution in [1.82, 2.24) is 9.88 Å². The first-order valence-electron chi connectivity index (χ1n) is 8.02. The van der Waals surface area contributed by atoms with Crippen molar-refractivity contribution >= 4 is 11.6 Å². The van der Waals surface area contributed by atoms with E-state index in [0.717, 1.165) is 25.2 Å². The maximum absolute atomic E-state index is 14.6. The van der Waals surface area contributed by atoms with E-state index in [1.165, 1.54) is 0 Å². The van der Waals surface area contributed by atoms with Crippen molar-refractivity contribution in [3.63, 3.8) is 0 Å². The molecule has 2 rings (SSSR count). The number of nitrogens with zero attached hydrogens (tertiary/aromatic N) is 2. The van der Waals surface area contributed by atoms with E-state index >= 15 is 0 Å². The molecular formula is C17H26ClFN2O. The zero-order valence-corrected chi connectivity index (χ0v) is 14.7. The van der Waals surface area contributed by atoms with Gasteiger partial charge in [-0.15, -0.1) is 0 Å². The minimum absolute atomic E-state index is 0.0478. The van der Waals surface area contributed by atoms with E-state index in [2.05, 4.69) is 9.88 Å². The molecule has 0 spiro atoms. The van der Waals surface area contributed by atoms with Crippen LogP contribution in [0.4, 0.5) is 4.39 Å². The normalized spacial score (nSPS) is 18.9. The third-order valence-electron chi connectivity index (χ3n) is 4.34. The molecule has 0 aliphatic carbocycles. The highest BCUT2D eigenvalue weighted by atomic mass is 35.5. The summed E-state index contributed by atoms with van der Waals surface area (Å²) in [5, 5.41) is 0.533. The lowest BCUT2D eigenvalue weighted by molar-refractivity contribution is 0.0172. The third-order valence-corrected chi connectivity index (χ3v) is 4.61. The van der Waals surface area contributed by atoms with Gasteiger partial charge in [0.1, 0.15) is 10.7 Å². The lowest BCUT2D eigenvalue weighted by Gasteiger charge is -2.38. The molecule has 0 radical (unpaired) electrons. The van der Waals surface area contributed by atoms with Crippen molar-refractivity contribution in [2.45, 2.75) is 58.9 Å². The van der Waals surface area contributed by atoms with Crippen LogP contribution in [0.3, 0.4) is 0 Å². The summed E-state index contributed by atoms with van der Waals surface area (Å²) in [5.74, 6) is 0.555. The molecular weight excluding hydrogens is 303 g/mol. The van der Waals surface area contributed by atoms with Crippen LogP contribution in [-0.2, 0) is 6.54 Å². The molecule has 0 bridgehead atoms. The first-order chi connectivity index (χ1) is 10.3. The molecule has 22 heavy (non-hydrogen) atoms. The molecule has 0 saturated carbocycles. The summed E-state index contributed by atoms with van der Waals surface area (Å²) < 4.78 is 20.1. The molecule has 0 amide bonds. The van der Waals surface area contributed by atoms with Gasteiger partial charge in [-0.05, 0) is 44.2 Å². The number of halogens is 2. The lowest BCUT2D eigenvalue weighted by atomic mass is 9.83. The Labute approximate surface area is 137 Å². The molecule has 2 heterocycles. The van der Waals surface area contributed by atoms with Crippen LogP contribution in [0.15, 0.2) is 12.3 Å². The van der Waals surface area contributed by atoms with Gasteiger partial charge in [0.25, 0.3) is 0 Å². The Balaban J connectivity index is 1.94. The van der Waals surface area contributed by atoms with Crippen LogP contribution in [0.2, 0.25) is 5.02 Å². The molecule has 0 aromatic carbocycles. The molecule has 1 saturated heterocycles. The average Bonchev–Trinajstić information content (AvgIpc) is 2.44. The second kappa shape index (κ2) is 7.14. The zero-order valence-electron chi connectivity index (χ0n) is 13.9. The van der Waals surface area contributed by atoms with Gasteiger partial charge in [-0.1, -0.05) is 25.4 Å². The summed E-state index contributed by atoms with van der Waals surface area (Å²) in [4.78, 5) is 6.55. The number of alkyl halides is 1. The van der Waals surface area contributed by atoms with Crippen LogP contribution >= 0.6 is 11.6 Å². The predicted octanol–water partition coefficient (Wildman–Crippen LogP) is 4.48. The number of rotatable bonds is 5. The topological polar surface area (TPSA) is 25.4 Å². The van der Waals surface area contributed by atoms with E-state index in [-0.39, 0.29) is 12.0 Å². The number of ether oxygens (including phenoxy) is 1. The number of piperidine rings is 1. The van der Waals surface area contributed by atoms with Gasteiger partial charge in [-0.3, -0.25) is 4.90 Å². The van der Waals surface area contributed by atoms with Gasteiger partial charge < -0.3 is 4.74 Å². The largest absolute Gasteiger partial charge is 0.474 e. The molecule has 1 aliphatic rings. The number of hydrogen-bond acceptors (Lipinski definition) is 3. The maximum atomic E-state index is 14.6. The van der Waals surface area contributed by atoms with E-state index in [9.17, 15) is 4.39 Å². The smallest absolute Gasteiger partial charge is 0.232 e. The standard InChI is InChI=1S/C17H26ClFN2O/c1-12(2)17(19)5-7-21(8-6-17)11-14-9-15(18)16(20-10-14)22-13(3)4/h9-10,12-13H,5-8,11H2,1-4H3. The molecule has 1 aromatic rings. The molecule has 5 heteroatoms. The number of aromatic nitrogens is 1. The molecule has 124 valence electrons. The highest BCUT2D eigenvalue weighted by Gasteiger charge is 2.37. The minimum atomic E-state index is -1.01. The SMILES string of the molecule is CC(C)Oc1ncc(CN2CCC(F)(C(C)C)CC2)cc1Cl. The molecule has 1 aliphatic heterocycles. The van der Waals surface area contributed by atoms with E-state index in [1.807, 2.05) is 33.8 Å². The Morgan fingerprint density at radius 2 is 1.95 bits per heavy atom. The summed E-state index contributed by atoms with van der Waals surface area (Å²) in [6.07, 6.45) is 3.04. The highest BCUT2D eigenvalue weighted by molar-refractivity contribution is 6.31. The molecule has 3 nitrogen and oxygen atoms in total. The van der Waals surface area contributed by atoms with Crippen LogP contribution in [0.5, 0.6) is 5.88 Å². The second-order valence-electron chi connectivity index (χ2n) is 6.76. The van der Waals surface area contributed by atoms with Gasteiger partial charge in [-0.25, -0.2) is 9.37 Å². The Morgan fingerprint density at radius 3 is 2.45 bits per heavy atom. The summed E-state index contributed by atoms with van der Waals surface area (Å²) >= 11 is 6.21. The van der Waals surface area contributed by atoms with Crippen molar-refractivity contribution in [3.05, 3.63) is 22.8 Å². The van der Waals surface area contributed by atoms with Gasteiger partial charge in [0.15, 0.2) is 0 Å². The van der Waals surface area contributed by atoms with Crippen LogP contribution in [0.1, 0.15) is 46.1 Å². The first kappa shape index (κ1) is 17.5. The average molecular weight is 329 g/mol. The number of likely N-dealkylation sites (tertiary alicyclic amines) is 1. The van der Waals surface area contributed by atoms with Crippen molar-refractivity contribution in [3.8, 4) is 5.88 Å². The zero-order chi connectivity index (χ0) is 16.3. The molecule has 0 unspecified atom stereocenters. The lowest BCUT2D eigenvalue weighted by Crippen LogP contribution is -2.44. The van der Waals surface area contributed by atoms with Crippen molar-refractivity contribution in [1.29, 1.82) is 0 Å². The van der Waals surface area contributed by atoms with Crippen molar-refractivity contribution in [2.75, 3.05) is 13.1 Å². The molecule has 0 atom stereocenters. The third kappa shape index (κ3) is 4.32. The van der Waals surface area contributed by atoms with Crippen LogP contribution in [0.25, 0.3) is 0 Å². The van der Waals surface area contributed by atoms with Crippen LogP contribution < -0.4 is 4.74 Å². The van der Waals surface area contributed by atoms with Crippen LogP contribution in [0, 0.1) is 5.92 Å². The van der Waals surface area contributed by atoms with E-state index < -0.39 is 5.67 Å². The van der Waals surface area contributed by atoms with Gasteiger partial charge in [0.05, 0.1) is 6.10 Å². The Bertz CT molecular complexity index is 499. The van der Waals surface area contributed by atoms with Gasteiger partial charge in [0.2, 0.25) is 5.88 Å². The fourth-order valence-corrected chi connectivity index (χ4v) is 3.01. The molecule has 0 N–H and O–H groups in total. The summed E-state index contributed by atoms with van der Waals surface area (Å²) in [5.41, 5.74) is 0.0264. The summed E-state index contributed by atoms with van der Waals surface area (Å²) in [6, 6.07) is 1.89. The Kier molecular flexibility index (Phi) is 5.67. The monoisotopic (exact) mass is 328 g/mol. The Hall–Kier alpha value is -0.870. The van der Waals surface area contributed by atoms with Crippen molar-refractivity contribution < 1.29 is 9.13 Å². The van der Waals surface area contributed by atoms with Gasteiger partial charge in [0, 0.05) is 25.8 Å². The quantitative estimate of drug-likeness (QED) is 0.796. The fourth-order valence-electron chi connectivity index (χ4n) is 2.78. The van der Waals surface area contributed by atoms with E-state index in [0.29, 0.717) is 23.7 Å². The molecule has 1 fully saturated rings. The summed E-state index contributed by atoms with van der Waals surface area (Å²) in [7, 11) is 0. The Morgan fingerprint density at radius 1 is 1.32 bits per heavy atom. The van der Waals surface area contributed by atoms with Gasteiger partial charge in [-0.2, -0.15) is 0 Å². The van der Waals surface area contributed by atoms with Crippen LogP contribution in [-0.4, -0.2) is 34.7 Å². The fraction of sp³-hybridized carbons (Fsp3) is 0.706. The highest BCUT2D eigenvalue weighted by Crippen LogP contribution is 2.34. The minimum Gasteiger partial charge on any atom is -0.474 e. The maximum Gasteiger partial charge on any atom is 0.232 e. The first-order valence-corrected chi connectivity index (χ1v) is 8.40. The number of hydrogen-bond donors (Lipinski definition) is 0. The van der Waals surface area contributed by atoms with E-state index in [1.54, 1.807) is 6.20 Å². The summed E-state index contributed by atoms with van der Waals surface area (Å²) in [6.45, 7) is 10.1. The van der Waals surface area contributed by atoms with Crippen molar-refractivity contribution in [2.24, 2.45) is 5.92 Å². The second-order valence-corrected chi connectivity index (χ2v) is 7.17. The van der Waals surface area contributed by atoms with Gasteiger partial charge >= 0.3 is 0 Å². The molecule has 1 aromatic heterocycles. The predicted molar refractivity (Wildman–Crippen MR) is 88.2 cm³/mol. The number of pyridine rings is 1.